The average molecular weight is 302 g/mol. The van der Waals surface area contributed by atoms with Gasteiger partial charge in [0.15, 0.2) is 0 Å². The second-order valence-electron chi connectivity index (χ2n) is 5.96. The summed E-state index contributed by atoms with van der Waals surface area (Å²) >= 11 is 0. The molecule has 0 N–H and O–H groups in total. The SMILES string of the molecule is CC(C)(C)c1ccc(S(=O)(=O)c2ccc(C=O)cc2)cc1. The molecule has 0 unspecified atom stereocenters. The summed E-state index contributed by atoms with van der Waals surface area (Å²) in [5, 5.41) is 0. The van der Waals surface area contributed by atoms with Crippen molar-refractivity contribution in [3.8, 4) is 0 Å². The molecule has 2 rings (SSSR count). The monoisotopic (exact) mass is 302 g/mol. The maximum atomic E-state index is 12.5. The highest BCUT2D eigenvalue weighted by Gasteiger charge is 2.19. The largest absolute Gasteiger partial charge is 0.298 e. The van der Waals surface area contributed by atoms with Crippen LogP contribution in [0.25, 0.3) is 0 Å². The molecule has 2 aromatic rings. The van der Waals surface area contributed by atoms with Crippen molar-refractivity contribution in [1.29, 1.82) is 0 Å². The fourth-order valence-corrected chi connectivity index (χ4v) is 3.26. The van der Waals surface area contributed by atoms with Gasteiger partial charge in [-0.3, -0.25) is 4.79 Å². The van der Waals surface area contributed by atoms with E-state index in [1.807, 2.05) is 12.1 Å². The first kappa shape index (κ1) is 15.4. The zero-order valence-electron chi connectivity index (χ0n) is 12.3. The predicted molar refractivity (Wildman–Crippen MR) is 82.4 cm³/mol. The van der Waals surface area contributed by atoms with Crippen molar-refractivity contribution in [2.24, 2.45) is 0 Å². The van der Waals surface area contributed by atoms with Crippen LogP contribution in [0.2, 0.25) is 0 Å². The van der Waals surface area contributed by atoms with Crippen LogP contribution in [0.4, 0.5) is 0 Å². The Kier molecular flexibility index (Phi) is 4.01. The molecular formula is C17H18O3S. The minimum absolute atomic E-state index is 0.0199. The summed E-state index contributed by atoms with van der Waals surface area (Å²) in [4.78, 5) is 11.1. The Morgan fingerprint density at radius 2 is 1.24 bits per heavy atom. The minimum Gasteiger partial charge on any atom is -0.298 e. The predicted octanol–water partition coefficient (Wildman–Crippen LogP) is 3.63. The van der Waals surface area contributed by atoms with Crippen LogP contribution in [0, 0.1) is 0 Å². The molecule has 3 nitrogen and oxygen atoms in total. The maximum absolute atomic E-state index is 12.5. The van der Waals surface area contributed by atoms with Crippen molar-refractivity contribution in [3.05, 3.63) is 59.7 Å². The molecule has 110 valence electrons. The molecule has 0 atom stereocenters. The molecule has 0 aliphatic carbocycles. The summed E-state index contributed by atoms with van der Waals surface area (Å²) in [5.41, 5.74) is 1.52. The highest BCUT2D eigenvalue weighted by atomic mass is 32.2. The summed E-state index contributed by atoms with van der Waals surface area (Å²) < 4.78 is 25.0. The Bertz CT molecular complexity index is 734. The van der Waals surface area contributed by atoms with Gasteiger partial charge in [-0.05, 0) is 35.2 Å². The fourth-order valence-electron chi connectivity index (χ4n) is 2.00. The van der Waals surface area contributed by atoms with Gasteiger partial charge in [-0.25, -0.2) is 8.42 Å². The third-order valence-electron chi connectivity index (χ3n) is 3.36. The maximum Gasteiger partial charge on any atom is 0.206 e. The summed E-state index contributed by atoms with van der Waals surface area (Å²) in [6, 6.07) is 12.9. The Balaban J connectivity index is 2.41. The van der Waals surface area contributed by atoms with Crippen LogP contribution in [0.15, 0.2) is 58.3 Å². The van der Waals surface area contributed by atoms with E-state index < -0.39 is 9.84 Å². The van der Waals surface area contributed by atoms with E-state index in [4.69, 9.17) is 0 Å². The van der Waals surface area contributed by atoms with Crippen LogP contribution < -0.4 is 0 Å². The molecule has 0 spiro atoms. The van der Waals surface area contributed by atoms with Crippen LogP contribution in [0.3, 0.4) is 0 Å². The summed E-state index contributed by atoms with van der Waals surface area (Å²) in [6.45, 7) is 6.23. The lowest BCUT2D eigenvalue weighted by atomic mass is 9.87. The second-order valence-corrected chi connectivity index (χ2v) is 7.91. The fraction of sp³-hybridized carbons (Fsp3) is 0.235. The Morgan fingerprint density at radius 3 is 1.62 bits per heavy atom. The number of aldehydes is 1. The second kappa shape index (κ2) is 5.45. The summed E-state index contributed by atoms with van der Waals surface area (Å²) in [6.07, 6.45) is 0.689. The molecular weight excluding hydrogens is 284 g/mol. The van der Waals surface area contributed by atoms with Crippen LogP contribution in [-0.4, -0.2) is 14.7 Å². The topological polar surface area (TPSA) is 51.2 Å². The Hall–Kier alpha value is -1.94. The number of hydrogen-bond acceptors (Lipinski definition) is 3. The van der Waals surface area contributed by atoms with Gasteiger partial charge in [0.1, 0.15) is 6.29 Å². The minimum atomic E-state index is -3.54. The lowest BCUT2D eigenvalue weighted by Gasteiger charge is -2.19. The molecule has 0 fully saturated rings. The molecule has 0 bridgehead atoms. The van der Waals surface area contributed by atoms with Gasteiger partial charge in [-0.1, -0.05) is 45.0 Å². The van der Waals surface area contributed by atoms with Gasteiger partial charge in [0.2, 0.25) is 9.84 Å². The first-order valence-corrected chi connectivity index (χ1v) is 8.14. The molecule has 4 heteroatoms. The third kappa shape index (κ3) is 3.22. The highest BCUT2D eigenvalue weighted by Crippen LogP contribution is 2.26. The molecule has 0 amide bonds. The van der Waals surface area contributed by atoms with Crippen molar-refractivity contribution in [2.45, 2.75) is 36.0 Å². The van der Waals surface area contributed by atoms with Crippen LogP contribution in [0.5, 0.6) is 0 Å². The number of carbonyl (C=O) groups is 1. The molecule has 0 heterocycles. The number of hydrogen-bond donors (Lipinski definition) is 0. The van der Waals surface area contributed by atoms with E-state index in [0.717, 1.165) is 5.56 Å². The van der Waals surface area contributed by atoms with E-state index in [-0.39, 0.29) is 15.2 Å². The number of sulfone groups is 1. The zero-order valence-corrected chi connectivity index (χ0v) is 13.1. The zero-order chi connectivity index (χ0) is 15.7. The van der Waals surface area contributed by atoms with Crippen LogP contribution in [-0.2, 0) is 15.3 Å². The van der Waals surface area contributed by atoms with Gasteiger partial charge in [0.05, 0.1) is 9.79 Å². The number of benzene rings is 2. The lowest BCUT2D eigenvalue weighted by Crippen LogP contribution is -2.11. The standard InChI is InChI=1S/C17H18O3S/c1-17(2,3)14-6-10-16(11-7-14)21(19,20)15-8-4-13(12-18)5-9-15/h4-12H,1-3H3. The molecule has 0 aliphatic rings. The lowest BCUT2D eigenvalue weighted by molar-refractivity contribution is 0.112. The van der Waals surface area contributed by atoms with Crippen LogP contribution in [0.1, 0.15) is 36.7 Å². The molecule has 0 saturated carbocycles. The molecule has 2 aromatic carbocycles. The summed E-state index contributed by atoms with van der Waals surface area (Å²) in [7, 11) is -3.54. The van der Waals surface area contributed by atoms with Crippen molar-refractivity contribution >= 4 is 16.1 Å². The summed E-state index contributed by atoms with van der Waals surface area (Å²) in [5.74, 6) is 0. The molecule has 0 saturated heterocycles. The van der Waals surface area contributed by atoms with Gasteiger partial charge in [0.25, 0.3) is 0 Å². The molecule has 0 radical (unpaired) electrons. The Morgan fingerprint density at radius 1 is 0.810 bits per heavy atom. The van der Waals surface area contributed by atoms with Crippen molar-refractivity contribution < 1.29 is 13.2 Å². The quantitative estimate of drug-likeness (QED) is 0.814. The Labute approximate surface area is 125 Å². The van der Waals surface area contributed by atoms with Gasteiger partial charge in [0, 0.05) is 5.56 Å². The van der Waals surface area contributed by atoms with E-state index in [9.17, 15) is 13.2 Å². The van der Waals surface area contributed by atoms with E-state index in [1.54, 1.807) is 12.1 Å². The number of carbonyl (C=O) groups excluding carboxylic acids is 1. The van der Waals surface area contributed by atoms with Crippen molar-refractivity contribution in [3.63, 3.8) is 0 Å². The van der Waals surface area contributed by atoms with Crippen molar-refractivity contribution in [1.82, 2.24) is 0 Å². The van der Waals surface area contributed by atoms with Gasteiger partial charge >= 0.3 is 0 Å². The van der Waals surface area contributed by atoms with Gasteiger partial charge in [-0.15, -0.1) is 0 Å². The van der Waals surface area contributed by atoms with Gasteiger partial charge in [-0.2, -0.15) is 0 Å². The first-order valence-electron chi connectivity index (χ1n) is 6.66. The normalized spacial score (nSPS) is 12.1. The van der Waals surface area contributed by atoms with E-state index >= 15 is 0 Å². The van der Waals surface area contributed by atoms with E-state index in [1.165, 1.54) is 24.3 Å². The number of rotatable bonds is 3. The molecule has 0 aliphatic heterocycles. The smallest absolute Gasteiger partial charge is 0.206 e. The molecule has 21 heavy (non-hydrogen) atoms. The van der Waals surface area contributed by atoms with Crippen molar-refractivity contribution in [2.75, 3.05) is 0 Å². The van der Waals surface area contributed by atoms with Crippen LogP contribution >= 0.6 is 0 Å². The molecule has 0 aromatic heterocycles. The highest BCUT2D eigenvalue weighted by molar-refractivity contribution is 7.91. The van der Waals surface area contributed by atoms with Gasteiger partial charge < -0.3 is 0 Å². The third-order valence-corrected chi connectivity index (χ3v) is 5.14. The first-order chi connectivity index (χ1) is 9.75. The van der Waals surface area contributed by atoms with E-state index in [0.29, 0.717) is 11.8 Å². The van der Waals surface area contributed by atoms with E-state index in [2.05, 4.69) is 20.8 Å². The average Bonchev–Trinajstić information content (AvgIpc) is 2.46.